The predicted molar refractivity (Wildman–Crippen MR) is 277 cm³/mol. The molecular weight excluding hydrogens is 992 g/mol. The van der Waals surface area contributed by atoms with Crippen molar-refractivity contribution in [3.8, 4) is 28.7 Å². The third kappa shape index (κ3) is 9.55. The number of nitrogens with one attached hydrogen (secondary N) is 2. The number of aromatic carboxylic acids is 1. The van der Waals surface area contributed by atoms with Gasteiger partial charge in [0.15, 0.2) is 17.3 Å². The second kappa shape index (κ2) is 20.8. The summed E-state index contributed by atoms with van der Waals surface area (Å²) in [5.74, 6) is -12.0. The largest absolute Gasteiger partial charge is 0.507 e. The summed E-state index contributed by atoms with van der Waals surface area (Å²) in [6.45, 7) is 12.2. The number of phenolic OH excluding ortho intramolecular Hbond substituents is 3. The summed E-state index contributed by atoms with van der Waals surface area (Å²) in [4.78, 5) is 68.4. The Kier molecular flexibility index (Phi) is 15.0. The number of ether oxygens (including phenoxy) is 5. The van der Waals surface area contributed by atoms with Crippen molar-refractivity contribution in [2.45, 2.75) is 111 Å². The first-order valence-corrected chi connectivity index (χ1v) is 24.9. The first kappa shape index (κ1) is 54.6. The van der Waals surface area contributed by atoms with Crippen molar-refractivity contribution in [3.63, 3.8) is 0 Å². The number of carboxylic acid groups (broad SMARTS) is 1. The third-order valence-corrected chi connectivity index (χ3v) is 15.1. The Bertz CT molecular complexity index is 3270. The van der Waals surface area contributed by atoms with Crippen molar-refractivity contribution in [3.05, 3.63) is 93.0 Å². The molecule has 0 radical (unpaired) electrons. The number of aromatic nitrogens is 1. The van der Waals surface area contributed by atoms with Crippen LogP contribution in [0.4, 0.5) is 21.5 Å². The number of fused-ring (bicyclic) bond motifs is 15. The van der Waals surface area contributed by atoms with Crippen molar-refractivity contribution >= 4 is 62.4 Å². The van der Waals surface area contributed by atoms with Crippen LogP contribution in [0.15, 0.2) is 65.1 Å². The summed E-state index contributed by atoms with van der Waals surface area (Å²) >= 11 is 0. The van der Waals surface area contributed by atoms with Crippen LogP contribution in [0.25, 0.3) is 21.7 Å². The number of allylic oxidation sites excluding steroid dienone is 2. The number of aromatic hydroxyl groups is 3. The zero-order valence-corrected chi connectivity index (χ0v) is 43.7. The number of aliphatic hydroxyl groups excluding tert-OH is 2. The number of hydrogen-bond acceptors (Lipinski definition) is 17. The van der Waals surface area contributed by atoms with Crippen LogP contribution in [0, 0.1) is 36.4 Å². The van der Waals surface area contributed by atoms with E-state index in [1.165, 1.54) is 77.4 Å². The number of halogens is 1. The van der Waals surface area contributed by atoms with E-state index >= 15 is 4.39 Å². The van der Waals surface area contributed by atoms with E-state index in [1.807, 2.05) is 0 Å². The number of phenols is 3. The number of methoxy groups -OCH3 is 2. The Morgan fingerprint density at radius 2 is 1.64 bits per heavy atom. The van der Waals surface area contributed by atoms with Crippen LogP contribution in [0.5, 0.6) is 28.7 Å². The number of benzene rings is 3. The minimum absolute atomic E-state index is 0.0379. The van der Waals surface area contributed by atoms with Gasteiger partial charge < -0.3 is 74.4 Å². The van der Waals surface area contributed by atoms with Crippen LogP contribution in [0.3, 0.4) is 0 Å². The molecule has 1 amide bonds. The molecule has 9 atom stereocenters. The van der Waals surface area contributed by atoms with Crippen LogP contribution in [-0.4, -0.2) is 110 Å². The Morgan fingerprint density at radius 3 is 2.28 bits per heavy atom. The van der Waals surface area contributed by atoms with Gasteiger partial charge in [0, 0.05) is 98.3 Å². The van der Waals surface area contributed by atoms with Crippen molar-refractivity contribution < 1.29 is 77.9 Å². The predicted octanol–water partition coefficient (Wildman–Crippen LogP) is 7.41. The lowest BCUT2D eigenvalue weighted by atomic mass is 9.78. The second-order valence-corrected chi connectivity index (χ2v) is 20.3. The number of Topliss-reactive ketones (excluding diaryl/α,β-unsaturated/α-hetero) is 1. The van der Waals surface area contributed by atoms with Crippen molar-refractivity contribution in [2.24, 2.45) is 23.7 Å². The number of pyridine rings is 1. The van der Waals surface area contributed by atoms with E-state index in [4.69, 9.17) is 23.7 Å². The fraction of sp³-hybridized carbons (Fsp3) is 0.436. The highest BCUT2D eigenvalue weighted by molar-refractivity contribution is 6.23. The van der Waals surface area contributed by atoms with Gasteiger partial charge in [-0.1, -0.05) is 45.9 Å². The summed E-state index contributed by atoms with van der Waals surface area (Å²) in [6.07, 6.45) is 7.19. The number of carbonyl (C=O) groups is 4. The van der Waals surface area contributed by atoms with Gasteiger partial charge in [0.1, 0.15) is 46.0 Å². The molecule has 1 aliphatic carbocycles. The number of hydrogen-bond donors (Lipinski definition) is 8. The zero-order valence-electron chi connectivity index (χ0n) is 43.7. The monoisotopic (exact) mass is 1050 g/mol. The lowest BCUT2D eigenvalue weighted by molar-refractivity contribution is -0.160. The molecule has 21 heteroatoms. The number of ketones is 1. The molecule has 20 nitrogen and oxygen atoms in total. The molecule has 5 aliphatic rings. The summed E-state index contributed by atoms with van der Waals surface area (Å²) in [5, 5.41) is 74.3. The molecule has 5 bridgehead atoms. The third-order valence-electron chi connectivity index (χ3n) is 15.1. The Hall–Kier alpha value is -7.62. The molecule has 406 valence electrons. The quantitative estimate of drug-likeness (QED) is 0.0484. The highest BCUT2D eigenvalue weighted by Crippen LogP contribution is 2.57. The van der Waals surface area contributed by atoms with Crippen molar-refractivity contribution in [2.75, 3.05) is 36.3 Å². The molecule has 1 aromatic heterocycles. The first-order valence-electron chi connectivity index (χ1n) is 24.9. The van der Waals surface area contributed by atoms with E-state index in [2.05, 4.69) is 10.6 Å². The maximum Gasteiger partial charge on any atom is 0.341 e. The van der Waals surface area contributed by atoms with Gasteiger partial charge in [0.2, 0.25) is 5.43 Å². The molecule has 4 aromatic rings. The molecule has 1 saturated carbocycles. The molecule has 9 rings (SSSR count). The van der Waals surface area contributed by atoms with Crippen LogP contribution in [-0.2, 0) is 23.8 Å². The number of nitrogens with zero attached hydrogens (tertiary/aromatic N) is 2. The molecule has 76 heavy (non-hydrogen) atoms. The zero-order chi connectivity index (χ0) is 55.6. The van der Waals surface area contributed by atoms with E-state index in [-0.39, 0.29) is 80.6 Å². The highest BCUT2D eigenvalue weighted by Gasteiger charge is 2.50. The van der Waals surface area contributed by atoms with E-state index in [0.717, 1.165) is 12.3 Å². The molecular formula is C55H63FN4O16. The Labute approximate surface area is 436 Å². The van der Waals surface area contributed by atoms with E-state index in [0.29, 0.717) is 12.8 Å². The van der Waals surface area contributed by atoms with Gasteiger partial charge in [-0.25, -0.2) is 9.18 Å². The normalized spacial score (nSPS) is 26.3. The van der Waals surface area contributed by atoms with Gasteiger partial charge in [-0.3, -0.25) is 19.2 Å². The number of carbonyl (C=O) groups excluding carboxylic acids is 3. The lowest BCUT2D eigenvalue weighted by Crippen LogP contribution is -2.46. The minimum Gasteiger partial charge on any atom is -0.507 e. The van der Waals surface area contributed by atoms with E-state index in [1.54, 1.807) is 38.3 Å². The van der Waals surface area contributed by atoms with Gasteiger partial charge in [0.05, 0.1) is 53.5 Å². The summed E-state index contributed by atoms with van der Waals surface area (Å²) in [7, 11) is 2.70. The van der Waals surface area contributed by atoms with Gasteiger partial charge in [0.25, 0.3) is 11.7 Å². The molecule has 4 aliphatic heterocycles. The van der Waals surface area contributed by atoms with Crippen LogP contribution in [0.1, 0.15) is 100 Å². The molecule has 3 aromatic carbocycles. The van der Waals surface area contributed by atoms with E-state index in [9.17, 15) is 54.6 Å². The van der Waals surface area contributed by atoms with Crippen LogP contribution < -0.4 is 30.4 Å². The highest BCUT2D eigenvalue weighted by atomic mass is 19.1. The maximum atomic E-state index is 16.5. The van der Waals surface area contributed by atoms with Gasteiger partial charge in [-0.05, 0) is 38.8 Å². The fourth-order valence-electron chi connectivity index (χ4n) is 10.5. The SMILES string of the molecule is COc1c(N2C=C(Nc3c4c(O)c5c(O)c(C)c6c(c5c3O)C(=O)[C@@](C)(OC=C[C@H](OC)[C@@H](C)[C@@H](OC(C)=O)[C@H](C)[C@H](O)[C@H](C)[C@@H](O)[C@@H](C)C=CC=C(C)C(=O)N4)O6)CC2)c(F)cc2c(=O)c(C(=O)O)cn(C3CC3)c12. The lowest BCUT2D eigenvalue weighted by Gasteiger charge is -2.38. The standard InChI is InChI=1S/C55H63FN4O16/c1-23-12-11-13-24(2)53(69)58-40-39(57-30-16-18-59(21-30)42-34(56)20-32-41(51(42)73-10)60(31-14-15-31)22-33(46(32)65)54(70)71)47(66)36-37(48(40)67)45(64)28(6)50-38(36)52(68)55(8,76-50)74-19-17-35(72-9)25(3)49(75-29(7)61)27(5)44(63)26(4)43(23)62/h11-13,17,19-23,25-27,31,35,43-44,49,57,62-64,66-67H,14-16,18H2,1-10H3,(H,58,69)(H,70,71)/t23-,25+,26+,27+,35-,43-,44+,49+,55-/m0/s1. The van der Waals surface area contributed by atoms with Gasteiger partial charge in [-0.2, -0.15) is 0 Å². The maximum absolute atomic E-state index is 16.5. The van der Waals surface area contributed by atoms with Crippen LogP contribution >= 0.6 is 0 Å². The molecule has 5 heterocycles. The molecule has 0 unspecified atom stereocenters. The Morgan fingerprint density at radius 1 is 0.947 bits per heavy atom. The minimum atomic E-state index is -2.17. The molecule has 1 fully saturated rings. The van der Waals surface area contributed by atoms with Crippen molar-refractivity contribution in [1.29, 1.82) is 0 Å². The molecule has 0 saturated heterocycles. The first-order chi connectivity index (χ1) is 35.9. The van der Waals surface area contributed by atoms with Crippen molar-refractivity contribution in [1.82, 2.24) is 4.57 Å². The smallest absolute Gasteiger partial charge is 0.341 e. The van der Waals surface area contributed by atoms with Gasteiger partial charge >= 0.3 is 17.7 Å². The fourth-order valence-corrected chi connectivity index (χ4v) is 10.5. The topological polar surface area (TPSA) is 285 Å². The van der Waals surface area contributed by atoms with Gasteiger partial charge in [-0.15, -0.1) is 0 Å². The average molecular weight is 1060 g/mol. The summed E-state index contributed by atoms with van der Waals surface area (Å²) < 4.78 is 47.6. The summed E-state index contributed by atoms with van der Waals surface area (Å²) in [6, 6.07) is 0.800. The summed E-state index contributed by atoms with van der Waals surface area (Å²) in [5.41, 5.74) is -2.12. The number of anilines is 3. The number of esters is 1. The average Bonchev–Trinajstić information content (AvgIpc) is 4.16. The number of rotatable bonds is 8. The number of amides is 1. The number of carboxylic acids is 1. The van der Waals surface area contributed by atoms with Crippen LogP contribution in [0.2, 0.25) is 0 Å². The molecule has 8 N–H and O–H groups in total. The second-order valence-electron chi connectivity index (χ2n) is 20.3. The number of aliphatic hydroxyl groups is 2. The Balaban J connectivity index is 1.27. The van der Waals surface area contributed by atoms with E-state index < -0.39 is 123 Å². The molecule has 0 spiro atoms.